The summed E-state index contributed by atoms with van der Waals surface area (Å²) in [5.74, 6) is 2.41. The van der Waals surface area contributed by atoms with Gasteiger partial charge in [0.1, 0.15) is 5.82 Å². The number of likely N-dealkylation sites (tertiary alicyclic amines) is 1. The second-order valence-corrected chi connectivity index (χ2v) is 7.94. The van der Waals surface area contributed by atoms with Crippen LogP contribution in [0.25, 0.3) is 0 Å². The van der Waals surface area contributed by atoms with E-state index in [9.17, 15) is 4.79 Å². The van der Waals surface area contributed by atoms with Gasteiger partial charge in [0.05, 0.1) is 11.6 Å². The summed E-state index contributed by atoms with van der Waals surface area (Å²) < 4.78 is 2.39. The zero-order valence-electron chi connectivity index (χ0n) is 15.9. The van der Waals surface area contributed by atoms with Crippen molar-refractivity contribution in [3.8, 4) is 6.07 Å². The lowest BCUT2D eigenvalue weighted by atomic mass is 9.84. The van der Waals surface area contributed by atoms with Gasteiger partial charge >= 0.3 is 0 Å². The van der Waals surface area contributed by atoms with E-state index in [2.05, 4.69) is 22.5 Å². The van der Waals surface area contributed by atoms with Gasteiger partial charge in [-0.2, -0.15) is 5.26 Å². The van der Waals surface area contributed by atoms with E-state index in [0.29, 0.717) is 23.0 Å². The summed E-state index contributed by atoms with van der Waals surface area (Å²) in [6, 6.07) is 9.06. The van der Waals surface area contributed by atoms with Crippen molar-refractivity contribution in [2.75, 3.05) is 13.1 Å². The molecule has 0 spiro atoms. The number of hydrogen-bond donors (Lipinski definition) is 0. The van der Waals surface area contributed by atoms with Gasteiger partial charge in [-0.1, -0.05) is 6.42 Å². The standard InChI is InChI=1S/C22H26N4O/c1-16-13-24-21(19-5-2-6-19)26(16)15-18-4-3-11-25(14-18)22(27)20-9-7-17(12-23)8-10-20/h7-10,13,18-19H,2-6,11,14-15H2,1H3. The first-order valence-electron chi connectivity index (χ1n) is 9.97. The lowest BCUT2D eigenvalue weighted by molar-refractivity contribution is 0.0661. The molecule has 1 aliphatic heterocycles. The Balaban J connectivity index is 1.44. The smallest absolute Gasteiger partial charge is 0.253 e. The minimum atomic E-state index is 0.0748. The van der Waals surface area contributed by atoms with Crippen LogP contribution >= 0.6 is 0 Å². The van der Waals surface area contributed by atoms with Crippen LogP contribution in [0.15, 0.2) is 30.5 Å². The first kappa shape index (κ1) is 17.8. The summed E-state index contributed by atoms with van der Waals surface area (Å²) >= 11 is 0. The monoisotopic (exact) mass is 362 g/mol. The molecule has 5 heteroatoms. The number of nitrogens with zero attached hydrogens (tertiary/aromatic N) is 4. The highest BCUT2D eigenvalue weighted by Crippen LogP contribution is 2.36. The third-order valence-electron chi connectivity index (χ3n) is 6.06. The lowest BCUT2D eigenvalue weighted by Gasteiger charge is -2.34. The van der Waals surface area contributed by atoms with Gasteiger partial charge in [-0.05, 0) is 62.8 Å². The van der Waals surface area contributed by atoms with Crippen LogP contribution in [0.1, 0.15) is 65.5 Å². The van der Waals surface area contributed by atoms with Crippen LogP contribution in [0, 0.1) is 24.2 Å². The third-order valence-corrected chi connectivity index (χ3v) is 6.06. The number of carbonyl (C=O) groups is 1. The van der Waals surface area contributed by atoms with Crippen LogP contribution < -0.4 is 0 Å². The first-order valence-corrected chi connectivity index (χ1v) is 9.97. The summed E-state index contributed by atoms with van der Waals surface area (Å²) in [6.07, 6.45) is 8.01. The molecule has 1 saturated heterocycles. The van der Waals surface area contributed by atoms with Gasteiger partial charge in [-0.15, -0.1) is 0 Å². The number of rotatable bonds is 4. The van der Waals surface area contributed by atoms with Gasteiger partial charge in [0.15, 0.2) is 0 Å². The maximum atomic E-state index is 12.9. The van der Waals surface area contributed by atoms with Crippen LogP contribution in [-0.4, -0.2) is 33.4 Å². The van der Waals surface area contributed by atoms with Crippen molar-refractivity contribution in [3.05, 3.63) is 53.1 Å². The fourth-order valence-electron chi connectivity index (χ4n) is 4.24. The molecule has 4 rings (SSSR count). The number of amides is 1. The molecule has 2 fully saturated rings. The molecule has 0 radical (unpaired) electrons. The van der Waals surface area contributed by atoms with E-state index in [1.807, 2.05) is 11.1 Å². The van der Waals surface area contributed by atoms with Gasteiger partial charge in [-0.25, -0.2) is 4.98 Å². The van der Waals surface area contributed by atoms with Crippen molar-refractivity contribution < 1.29 is 4.79 Å². The Bertz CT molecular complexity index is 857. The van der Waals surface area contributed by atoms with E-state index in [1.165, 1.54) is 30.8 Å². The zero-order chi connectivity index (χ0) is 18.8. The Morgan fingerprint density at radius 3 is 2.67 bits per heavy atom. The minimum Gasteiger partial charge on any atom is -0.338 e. The van der Waals surface area contributed by atoms with Crippen LogP contribution in [0.3, 0.4) is 0 Å². The van der Waals surface area contributed by atoms with E-state index < -0.39 is 0 Å². The van der Waals surface area contributed by atoms with Crippen molar-refractivity contribution in [2.24, 2.45) is 5.92 Å². The predicted octanol–water partition coefficient (Wildman–Crippen LogP) is 3.88. The fourth-order valence-corrected chi connectivity index (χ4v) is 4.24. The molecule has 1 saturated carbocycles. The Morgan fingerprint density at radius 2 is 2.00 bits per heavy atom. The van der Waals surface area contributed by atoms with Gasteiger partial charge in [0.25, 0.3) is 5.91 Å². The molecule has 2 aromatic rings. The highest BCUT2D eigenvalue weighted by Gasteiger charge is 2.28. The summed E-state index contributed by atoms with van der Waals surface area (Å²) in [7, 11) is 0. The predicted molar refractivity (Wildman–Crippen MR) is 103 cm³/mol. The number of hydrogen-bond acceptors (Lipinski definition) is 3. The zero-order valence-corrected chi connectivity index (χ0v) is 15.9. The maximum absolute atomic E-state index is 12.9. The van der Waals surface area contributed by atoms with Gasteiger partial charge in [0.2, 0.25) is 0 Å². The van der Waals surface area contributed by atoms with E-state index in [1.54, 1.807) is 24.3 Å². The average molecular weight is 362 g/mol. The lowest BCUT2D eigenvalue weighted by Crippen LogP contribution is -2.41. The summed E-state index contributed by atoms with van der Waals surface area (Å²) in [5, 5.41) is 8.93. The Labute approximate surface area is 160 Å². The van der Waals surface area contributed by atoms with Crippen LogP contribution in [0.4, 0.5) is 0 Å². The first-order chi connectivity index (χ1) is 13.2. The molecular formula is C22H26N4O. The highest BCUT2D eigenvalue weighted by atomic mass is 16.2. The van der Waals surface area contributed by atoms with Gasteiger partial charge in [-0.3, -0.25) is 4.79 Å². The van der Waals surface area contributed by atoms with Crippen molar-refractivity contribution in [1.82, 2.24) is 14.5 Å². The molecule has 27 heavy (non-hydrogen) atoms. The summed E-state index contributed by atoms with van der Waals surface area (Å²) in [4.78, 5) is 19.5. The van der Waals surface area contributed by atoms with Crippen LogP contribution in [-0.2, 0) is 6.54 Å². The van der Waals surface area contributed by atoms with Crippen molar-refractivity contribution in [3.63, 3.8) is 0 Å². The third kappa shape index (κ3) is 3.62. The average Bonchev–Trinajstić information content (AvgIpc) is 3.00. The van der Waals surface area contributed by atoms with E-state index in [4.69, 9.17) is 5.26 Å². The molecule has 1 atom stereocenters. The van der Waals surface area contributed by atoms with Crippen molar-refractivity contribution in [1.29, 1.82) is 5.26 Å². The molecule has 5 nitrogen and oxygen atoms in total. The number of carbonyl (C=O) groups excluding carboxylic acids is 1. The number of nitriles is 1. The molecule has 0 N–H and O–H groups in total. The second kappa shape index (κ2) is 7.56. The van der Waals surface area contributed by atoms with E-state index in [-0.39, 0.29) is 5.91 Å². The van der Waals surface area contributed by atoms with Crippen LogP contribution in [0.2, 0.25) is 0 Å². The number of aryl methyl sites for hydroxylation is 1. The Morgan fingerprint density at radius 1 is 1.22 bits per heavy atom. The van der Waals surface area contributed by atoms with Crippen molar-refractivity contribution in [2.45, 2.75) is 51.5 Å². The number of aromatic nitrogens is 2. The highest BCUT2D eigenvalue weighted by molar-refractivity contribution is 5.94. The SMILES string of the molecule is Cc1cnc(C2CCC2)n1CC1CCCN(C(=O)c2ccc(C#N)cc2)C1. The maximum Gasteiger partial charge on any atom is 0.253 e. The van der Waals surface area contributed by atoms with E-state index >= 15 is 0 Å². The molecule has 1 unspecified atom stereocenters. The van der Waals surface area contributed by atoms with Crippen molar-refractivity contribution >= 4 is 5.91 Å². The Hall–Kier alpha value is -2.61. The quantitative estimate of drug-likeness (QED) is 0.829. The van der Waals surface area contributed by atoms with E-state index in [0.717, 1.165) is 32.5 Å². The second-order valence-electron chi connectivity index (χ2n) is 7.94. The largest absolute Gasteiger partial charge is 0.338 e. The topological polar surface area (TPSA) is 61.9 Å². The summed E-state index contributed by atoms with van der Waals surface area (Å²) in [5.41, 5.74) is 2.48. The summed E-state index contributed by atoms with van der Waals surface area (Å²) in [6.45, 7) is 4.70. The molecule has 1 aromatic heterocycles. The molecule has 2 aliphatic rings. The Kier molecular flexibility index (Phi) is 4.98. The number of imidazole rings is 1. The number of benzene rings is 1. The van der Waals surface area contributed by atoms with Gasteiger partial charge in [0, 0.05) is 43.0 Å². The molecular weight excluding hydrogens is 336 g/mol. The van der Waals surface area contributed by atoms with Gasteiger partial charge < -0.3 is 9.47 Å². The normalized spacial score (nSPS) is 20.1. The molecule has 1 amide bonds. The van der Waals surface area contributed by atoms with Crippen LogP contribution in [0.5, 0.6) is 0 Å². The number of piperidine rings is 1. The molecule has 2 heterocycles. The fraction of sp³-hybridized carbons (Fsp3) is 0.500. The molecule has 1 aliphatic carbocycles. The molecule has 1 aromatic carbocycles. The minimum absolute atomic E-state index is 0.0748. The molecule has 140 valence electrons. The molecule has 0 bridgehead atoms.